The summed E-state index contributed by atoms with van der Waals surface area (Å²) in [6.45, 7) is 2.45. The highest BCUT2D eigenvalue weighted by Crippen LogP contribution is 2.18. The number of amides is 1. The van der Waals surface area contributed by atoms with Crippen molar-refractivity contribution in [3.63, 3.8) is 0 Å². The molecule has 1 aromatic rings. The van der Waals surface area contributed by atoms with E-state index in [2.05, 4.69) is 5.32 Å². The van der Waals surface area contributed by atoms with Gasteiger partial charge >= 0.3 is 0 Å². The molecule has 98 valence electrons. The third-order valence-electron chi connectivity index (χ3n) is 3.15. The third kappa shape index (κ3) is 3.32. The van der Waals surface area contributed by atoms with E-state index < -0.39 is 9.84 Å². The maximum absolute atomic E-state index is 11.8. The fraction of sp³-hybridized carbons (Fsp3) is 0.462. The van der Waals surface area contributed by atoms with Crippen molar-refractivity contribution in [1.82, 2.24) is 5.32 Å². The van der Waals surface area contributed by atoms with Crippen LogP contribution in [-0.4, -0.2) is 25.8 Å². The van der Waals surface area contributed by atoms with Gasteiger partial charge in [0.2, 0.25) is 5.91 Å². The molecule has 0 aliphatic carbocycles. The molecule has 5 heteroatoms. The summed E-state index contributed by atoms with van der Waals surface area (Å²) in [6, 6.07) is 7.88. The number of nitrogens with one attached hydrogen (secondary N) is 1. The molecule has 4 nitrogen and oxygen atoms in total. The Morgan fingerprint density at radius 2 is 2.22 bits per heavy atom. The van der Waals surface area contributed by atoms with Crippen LogP contribution < -0.4 is 5.32 Å². The smallest absolute Gasteiger partial charge is 0.224 e. The number of sulfone groups is 1. The number of benzene rings is 1. The summed E-state index contributed by atoms with van der Waals surface area (Å²) in [5.41, 5.74) is 2.18. The van der Waals surface area contributed by atoms with E-state index in [1.807, 2.05) is 31.2 Å². The average Bonchev–Trinajstić information content (AvgIpc) is 2.67. The summed E-state index contributed by atoms with van der Waals surface area (Å²) < 4.78 is 22.6. The highest BCUT2D eigenvalue weighted by Gasteiger charge is 2.32. The molecule has 2 rings (SSSR count). The van der Waals surface area contributed by atoms with E-state index in [0.29, 0.717) is 13.0 Å². The Balaban J connectivity index is 1.89. The molecule has 0 bridgehead atoms. The Kier molecular flexibility index (Phi) is 3.71. The maximum atomic E-state index is 11.8. The summed E-state index contributed by atoms with van der Waals surface area (Å²) in [4.78, 5) is 11.8. The van der Waals surface area contributed by atoms with E-state index in [4.69, 9.17) is 0 Å². The fourth-order valence-corrected chi connectivity index (χ4v) is 3.90. The van der Waals surface area contributed by atoms with Gasteiger partial charge < -0.3 is 5.32 Å². The van der Waals surface area contributed by atoms with Crippen molar-refractivity contribution < 1.29 is 13.2 Å². The molecule has 1 aliphatic rings. The SMILES string of the molecule is Cc1cccc(CNC(=O)C2CCS(=O)(=O)C2)c1. The highest BCUT2D eigenvalue weighted by atomic mass is 32.2. The predicted molar refractivity (Wildman–Crippen MR) is 69.8 cm³/mol. The molecule has 1 heterocycles. The topological polar surface area (TPSA) is 63.2 Å². The lowest BCUT2D eigenvalue weighted by Gasteiger charge is -2.09. The van der Waals surface area contributed by atoms with Crippen LogP contribution in [0, 0.1) is 12.8 Å². The number of aryl methyl sites for hydroxylation is 1. The molecule has 1 aliphatic heterocycles. The van der Waals surface area contributed by atoms with E-state index >= 15 is 0 Å². The second kappa shape index (κ2) is 5.10. The molecule has 0 spiro atoms. The maximum Gasteiger partial charge on any atom is 0.224 e. The molecule has 1 atom stereocenters. The number of hydrogen-bond donors (Lipinski definition) is 1. The quantitative estimate of drug-likeness (QED) is 0.890. The van der Waals surface area contributed by atoms with Crippen LogP contribution in [0.15, 0.2) is 24.3 Å². The molecule has 1 saturated heterocycles. The summed E-state index contributed by atoms with van der Waals surface area (Å²) >= 11 is 0. The van der Waals surface area contributed by atoms with Crippen LogP contribution in [0.5, 0.6) is 0 Å². The fourth-order valence-electron chi connectivity index (χ4n) is 2.16. The van der Waals surface area contributed by atoms with Gasteiger partial charge in [-0.3, -0.25) is 4.79 Å². The summed E-state index contributed by atoms with van der Waals surface area (Å²) in [7, 11) is -2.99. The van der Waals surface area contributed by atoms with Crippen LogP contribution in [0.4, 0.5) is 0 Å². The van der Waals surface area contributed by atoms with E-state index in [9.17, 15) is 13.2 Å². The van der Waals surface area contributed by atoms with Crippen molar-refractivity contribution in [2.24, 2.45) is 5.92 Å². The minimum atomic E-state index is -2.99. The van der Waals surface area contributed by atoms with Gasteiger partial charge in [-0.25, -0.2) is 8.42 Å². The van der Waals surface area contributed by atoms with Crippen molar-refractivity contribution in [3.8, 4) is 0 Å². The first kappa shape index (κ1) is 13.1. The van der Waals surface area contributed by atoms with Crippen LogP contribution in [0.2, 0.25) is 0 Å². The Morgan fingerprint density at radius 1 is 1.44 bits per heavy atom. The normalized spacial score (nSPS) is 21.7. The van der Waals surface area contributed by atoms with Gasteiger partial charge in [0.25, 0.3) is 0 Å². The van der Waals surface area contributed by atoms with Gasteiger partial charge in [-0.1, -0.05) is 29.8 Å². The first-order chi connectivity index (χ1) is 8.46. The van der Waals surface area contributed by atoms with E-state index in [0.717, 1.165) is 11.1 Å². The summed E-state index contributed by atoms with van der Waals surface area (Å²) in [5, 5.41) is 2.80. The van der Waals surface area contributed by atoms with Crippen molar-refractivity contribution in [2.75, 3.05) is 11.5 Å². The predicted octanol–water partition coefficient (Wildman–Crippen LogP) is 1.05. The molecule has 0 saturated carbocycles. The van der Waals surface area contributed by atoms with E-state index in [1.165, 1.54) is 0 Å². The molecule has 1 N–H and O–H groups in total. The zero-order valence-corrected chi connectivity index (χ0v) is 11.2. The summed E-state index contributed by atoms with van der Waals surface area (Å²) in [6.07, 6.45) is 0.446. The van der Waals surface area contributed by atoms with Crippen LogP contribution in [0.1, 0.15) is 17.5 Å². The summed E-state index contributed by atoms with van der Waals surface area (Å²) in [5.74, 6) is -0.403. The Bertz CT molecular complexity index is 551. The molecule has 0 aromatic heterocycles. The number of carbonyl (C=O) groups excluding carboxylic acids is 1. The highest BCUT2D eigenvalue weighted by molar-refractivity contribution is 7.91. The van der Waals surface area contributed by atoms with Gasteiger partial charge in [0, 0.05) is 6.54 Å². The Labute approximate surface area is 107 Å². The first-order valence-electron chi connectivity index (χ1n) is 6.00. The monoisotopic (exact) mass is 267 g/mol. The van der Waals surface area contributed by atoms with E-state index in [-0.39, 0.29) is 23.3 Å². The van der Waals surface area contributed by atoms with Gasteiger partial charge in [-0.2, -0.15) is 0 Å². The second-order valence-electron chi connectivity index (χ2n) is 4.81. The largest absolute Gasteiger partial charge is 0.352 e. The molecule has 1 unspecified atom stereocenters. The molecule has 18 heavy (non-hydrogen) atoms. The zero-order chi connectivity index (χ0) is 13.2. The Hall–Kier alpha value is -1.36. The van der Waals surface area contributed by atoms with Gasteiger partial charge in [0.15, 0.2) is 9.84 Å². The number of carbonyl (C=O) groups is 1. The molecule has 1 aromatic carbocycles. The van der Waals surface area contributed by atoms with Crippen molar-refractivity contribution >= 4 is 15.7 Å². The van der Waals surface area contributed by atoms with Gasteiger partial charge in [-0.05, 0) is 18.9 Å². The van der Waals surface area contributed by atoms with Crippen molar-refractivity contribution in [1.29, 1.82) is 0 Å². The minimum Gasteiger partial charge on any atom is -0.352 e. The standard InChI is InChI=1S/C13H17NO3S/c1-10-3-2-4-11(7-10)8-14-13(15)12-5-6-18(16,17)9-12/h2-4,7,12H,5-6,8-9H2,1H3,(H,14,15). The molecule has 0 radical (unpaired) electrons. The molecular weight excluding hydrogens is 250 g/mol. The van der Waals surface area contributed by atoms with Gasteiger partial charge in [0.05, 0.1) is 17.4 Å². The zero-order valence-electron chi connectivity index (χ0n) is 10.3. The van der Waals surface area contributed by atoms with Crippen molar-refractivity contribution in [2.45, 2.75) is 19.9 Å². The van der Waals surface area contributed by atoms with Crippen LogP contribution in [0.3, 0.4) is 0 Å². The molecular formula is C13H17NO3S. The minimum absolute atomic E-state index is 0.00729. The molecule has 1 amide bonds. The van der Waals surface area contributed by atoms with Crippen LogP contribution in [0.25, 0.3) is 0 Å². The van der Waals surface area contributed by atoms with Gasteiger partial charge in [0.1, 0.15) is 0 Å². The number of hydrogen-bond acceptors (Lipinski definition) is 3. The lowest BCUT2D eigenvalue weighted by molar-refractivity contribution is -0.124. The first-order valence-corrected chi connectivity index (χ1v) is 7.82. The second-order valence-corrected chi connectivity index (χ2v) is 7.04. The van der Waals surface area contributed by atoms with Gasteiger partial charge in [-0.15, -0.1) is 0 Å². The Morgan fingerprint density at radius 3 is 2.83 bits per heavy atom. The van der Waals surface area contributed by atoms with Crippen LogP contribution in [-0.2, 0) is 21.2 Å². The lowest BCUT2D eigenvalue weighted by atomic mass is 10.1. The van der Waals surface area contributed by atoms with E-state index in [1.54, 1.807) is 0 Å². The lowest BCUT2D eigenvalue weighted by Crippen LogP contribution is -2.30. The van der Waals surface area contributed by atoms with Crippen LogP contribution >= 0.6 is 0 Å². The average molecular weight is 267 g/mol. The molecule has 1 fully saturated rings. The third-order valence-corrected chi connectivity index (χ3v) is 4.92. The van der Waals surface area contributed by atoms with Crippen molar-refractivity contribution in [3.05, 3.63) is 35.4 Å². The number of rotatable bonds is 3.